The van der Waals surface area contributed by atoms with Gasteiger partial charge in [0.15, 0.2) is 0 Å². The molecule has 0 spiro atoms. The molecule has 4 nitrogen and oxygen atoms in total. The number of hydrogen-bond acceptors (Lipinski definition) is 3. The van der Waals surface area contributed by atoms with Crippen molar-refractivity contribution < 1.29 is 9.52 Å². The Morgan fingerprint density at radius 1 is 1.00 bits per heavy atom. The molecule has 0 saturated heterocycles. The number of rotatable bonds is 2. The second-order valence-electron chi connectivity index (χ2n) is 5.19. The van der Waals surface area contributed by atoms with Crippen LogP contribution in [0, 0.1) is 6.92 Å². The van der Waals surface area contributed by atoms with E-state index in [2.05, 4.69) is 4.98 Å². The molecule has 4 rings (SSSR count). The van der Waals surface area contributed by atoms with Crippen molar-refractivity contribution in [3.63, 3.8) is 0 Å². The van der Waals surface area contributed by atoms with Crippen LogP contribution in [0.3, 0.4) is 0 Å². The van der Waals surface area contributed by atoms with E-state index in [0.717, 1.165) is 33.6 Å². The molecule has 0 saturated carbocycles. The number of benzene rings is 2. The van der Waals surface area contributed by atoms with Gasteiger partial charge in [0.25, 0.3) is 0 Å². The molecular weight excluding hydrogens is 276 g/mol. The lowest BCUT2D eigenvalue weighted by Gasteiger charge is -2.06. The summed E-state index contributed by atoms with van der Waals surface area (Å²) >= 11 is 0. The molecule has 2 aromatic heterocycles. The Balaban J connectivity index is 1.94. The van der Waals surface area contributed by atoms with Crippen LogP contribution < -0.4 is 0 Å². The highest BCUT2D eigenvalue weighted by molar-refractivity contribution is 5.93. The normalized spacial score (nSPS) is 11.1. The summed E-state index contributed by atoms with van der Waals surface area (Å²) in [5, 5.41) is 9.43. The number of furan rings is 1. The van der Waals surface area contributed by atoms with Gasteiger partial charge in [-0.3, -0.25) is 4.57 Å². The van der Waals surface area contributed by atoms with Gasteiger partial charge in [-0.15, -0.1) is 0 Å². The van der Waals surface area contributed by atoms with Crippen LogP contribution in [0.5, 0.6) is 5.75 Å². The number of fused-ring (bicyclic) bond motifs is 1. The van der Waals surface area contributed by atoms with Gasteiger partial charge in [0.2, 0.25) is 0 Å². The van der Waals surface area contributed by atoms with E-state index in [9.17, 15) is 5.11 Å². The van der Waals surface area contributed by atoms with E-state index in [1.807, 2.05) is 47.9 Å². The van der Waals surface area contributed by atoms with Gasteiger partial charge in [0.05, 0.1) is 17.3 Å². The van der Waals surface area contributed by atoms with Crippen molar-refractivity contribution in [2.24, 2.45) is 0 Å². The second kappa shape index (κ2) is 4.77. The number of phenolic OH excluding ortho intramolecular Hbond substituents is 1. The third-order valence-electron chi connectivity index (χ3n) is 3.85. The number of aryl methyl sites for hydroxylation is 1. The molecule has 1 N–H and O–H groups in total. The number of aromatic hydroxyl groups is 1. The smallest absolute Gasteiger partial charge is 0.115 e. The first-order valence-corrected chi connectivity index (χ1v) is 7.04. The SMILES string of the molecule is Cc1occc1-c1cccc2c1ncn2-c1ccc(O)cc1. The first-order chi connectivity index (χ1) is 10.7. The molecule has 108 valence electrons. The maximum Gasteiger partial charge on any atom is 0.115 e. The van der Waals surface area contributed by atoms with Gasteiger partial charge in [-0.25, -0.2) is 4.98 Å². The molecule has 2 aromatic carbocycles. The molecule has 2 heterocycles. The molecule has 0 unspecified atom stereocenters. The molecule has 0 amide bonds. The third kappa shape index (κ3) is 1.89. The molecule has 0 aliphatic carbocycles. The number of nitrogens with zero attached hydrogens (tertiary/aromatic N) is 2. The van der Waals surface area contributed by atoms with Crippen molar-refractivity contribution >= 4 is 11.0 Å². The Bertz CT molecular complexity index is 949. The predicted octanol–water partition coefficient (Wildman–Crippen LogP) is 4.30. The summed E-state index contributed by atoms with van der Waals surface area (Å²) in [4.78, 5) is 4.57. The Hall–Kier alpha value is -3.01. The molecule has 0 atom stereocenters. The second-order valence-corrected chi connectivity index (χ2v) is 5.19. The summed E-state index contributed by atoms with van der Waals surface area (Å²) < 4.78 is 7.42. The van der Waals surface area contributed by atoms with Gasteiger partial charge in [-0.1, -0.05) is 12.1 Å². The number of phenols is 1. The minimum Gasteiger partial charge on any atom is -0.508 e. The van der Waals surface area contributed by atoms with Crippen LogP contribution in [-0.2, 0) is 0 Å². The zero-order chi connectivity index (χ0) is 15.1. The molecule has 0 radical (unpaired) electrons. The number of imidazole rings is 1. The fraction of sp³-hybridized carbons (Fsp3) is 0.0556. The minimum atomic E-state index is 0.253. The largest absolute Gasteiger partial charge is 0.508 e. The van der Waals surface area contributed by atoms with E-state index in [-0.39, 0.29) is 5.75 Å². The number of hydrogen-bond donors (Lipinski definition) is 1. The molecule has 0 aliphatic heterocycles. The Labute approximate surface area is 127 Å². The first kappa shape index (κ1) is 12.7. The van der Waals surface area contributed by atoms with Crippen molar-refractivity contribution in [2.45, 2.75) is 6.92 Å². The van der Waals surface area contributed by atoms with Crippen LogP contribution in [0.4, 0.5) is 0 Å². The lowest BCUT2D eigenvalue weighted by Crippen LogP contribution is -1.91. The van der Waals surface area contributed by atoms with Crippen LogP contribution in [0.1, 0.15) is 5.76 Å². The highest BCUT2D eigenvalue weighted by atomic mass is 16.3. The zero-order valence-electron chi connectivity index (χ0n) is 12.0. The summed E-state index contributed by atoms with van der Waals surface area (Å²) in [7, 11) is 0. The van der Waals surface area contributed by atoms with E-state index in [0.29, 0.717) is 0 Å². The van der Waals surface area contributed by atoms with E-state index in [1.54, 1.807) is 24.7 Å². The van der Waals surface area contributed by atoms with Crippen molar-refractivity contribution in [2.75, 3.05) is 0 Å². The quantitative estimate of drug-likeness (QED) is 0.599. The fourth-order valence-corrected chi connectivity index (χ4v) is 2.74. The highest BCUT2D eigenvalue weighted by Crippen LogP contribution is 2.31. The maximum atomic E-state index is 9.43. The Morgan fingerprint density at radius 2 is 1.82 bits per heavy atom. The predicted molar refractivity (Wildman–Crippen MR) is 85.2 cm³/mol. The lowest BCUT2D eigenvalue weighted by atomic mass is 10.1. The van der Waals surface area contributed by atoms with Crippen molar-refractivity contribution in [1.82, 2.24) is 9.55 Å². The van der Waals surface area contributed by atoms with Crippen LogP contribution in [0.2, 0.25) is 0 Å². The summed E-state index contributed by atoms with van der Waals surface area (Å²) in [6.07, 6.45) is 3.50. The maximum absolute atomic E-state index is 9.43. The topological polar surface area (TPSA) is 51.2 Å². The van der Waals surface area contributed by atoms with E-state index in [4.69, 9.17) is 4.42 Å². The van der Waals surface area contributed by atoms with Crippen molar-refractivity contribution in [3.8, 4) is 22.6 Å². The minimum absolute atomic E-state index is 0.253. The summed E-state index contributed by atoms with van der Waals surface area (Å²) in [6.45, 7) is 1.95. The van der Waals surface area contributed by atoms with Crippen LogP contribution in [-0.4, -0.2) is 14.7 Å². The molecule has 4 heteroatoms. The van der Waals surface area contributed by atoms with Crippen molar-refractivity contribution in [1.29, 1.82) is 0 Å². The summed E-state index contributed by atoms with van der Waals surface area (Å²) in [6, 6.07) is 15.1. The molecule has 0 bridgehead atoms. The van der Waals surface area contributed by atoms with E-state index < -0.39 is 0 Å². The molecule has 22 heavy (non-hydrogen) atoms. The Kier molecular flexibility index (Phi) is 2.76. The highest BCUT2D eigenvalue weighted by Gasteiger charge is 2.12. The Morgan fingerprint density at radius 3 is 2.55 bits per heavy atom. The molecular formula is C18H14N2O2. The van der Waals surface area contributed by atoms with Gasteiger partial charge < -0.3 is 9.52 Å². The average molecular weight is 290 g/mol. The van der Waals surface area contributed by atoms with Gasteiger partial charge >= 0.3 is 0 Å². The number of aromatic nitrogens is 2. The average Bonchev–Trinajstić information content (AvgIpc) is 3.14. The summed E-state index contributed by atoms with van der Waals surface area (Å²) in [5.41, 5.74) is 5.02. The van der Waals surface area contributed by atoms with Gasteiger partial charge in [0, 0.05) is 16.8 Å². The third-order valence-corrected chi connectivity index (χ3v) is 3.85. The lowest BCUT2D eigenvalue weighted by molar-refractivity contribution is 0.475. The van der Waals surface area contributed by atoms with Gasteiger partial charge in [-0.05, 0) is 43.3 Å². The van der Waals surface area contributed by atoms with Crippen LogP contribution in [0.25, 0.3) is 27.8 Å². The van der Waals surface area contributed by atoms with Crippen molar-refractivity contribution in [3.05, 3.63) is 66.9 Å². The van der Waals surface area contributed by atoms with Gasteiger partial charge in [0.1, 0.15) is 17.8 Å². The summed E-state index contributed by atoms with van der Waals surface area (Å²) in [5.74, 6) is 1.13. The number of para-hydroxylation sites is 1. The van der Waals surface area contributed by atoms with Crippen LogP contribution in [0.15, 0.2) is 65.5 Å². The first-order valence-electron chi connectivity index (χ1n) is 7.04. The standard InChI is InChI=1S/C18H14N2O2/c1-12-15(9-10-22-12)16-3-2-4-17-18(16)19-11-20(17)13-5-7-14(21)8-6-13/h2-11,21H,1H3. The van der Waals surface area contributed by atoms with Gasteiger partial charge in [-0.2, -0.15) is 0 Å². The van der Waals surface area contributed by atoms with Crippen LogP contribution >= 0.6 is 0 Å². The molecule has 0 fully saturated rings. The monoisotopic (exact) mass is 290 g/mol. The molecule has 4 aromatic rings. The van der Waals surface area contributed by atoms with E-state index >= 15 is 0 Å². The fourth-order valence-electron chi connectivity index (χ4n) is 2.74. The zero-order valence-corrected chi connectivity index (χ0v) is 12.0. The molecule has 0 aliphatic rings. The van der Waals surface area contributed by atoms with E-state index in [1.165, 1.54) is 0 Å².